The van der Waals surface area contributed by atoms with Gasteiger partial charge in [0.05, 0.1) is 20.1 Å². The van der Waals surface area contributed by atoms with Crippen LogP contribution in [0.2, 0.25) is 0 Å². The van der Waals surface area contributed by atoms with Crippen molar-refractivity contribution < 1.29 is 23.9 Å². The van der Waals surface area contributed by atoms with Gasteiger partial charge >= 0.3 is 11.9 Å². The van der Waals surface area contributed by atoms with Gasteiger partial charge in [-0.1, -0.05) is 71.8 Å². The van der Waals surface area contributed by atoms with E-state index in [1.807, 2.05) is 68.5 Å². The lowest BCUT2D eigenvalue weighted by Crippen LogP contribution is -2.56. The summed E-state index contributed by atoms with van der Waals surface area (Å²) >= 11 is 0. The van der Waals surface area contributed by atoms with Gasteiger partial charge in [-0.3, -0.25) is 9.69 Å². The highest BCUT2D eigenvalue weighted by molar-refractivity contribution is 6.35. The molecule has 4 rings (SSSR count). The average Bonchev–Trinajstić information content (AvgIpc) is 3.41. The second-order valence-corrected chi connectivity index (χ2v) is 9.24. The second kappa shape index (κ2) is 9.55. The summed E-state index contributed by atoms with van der Waals surface area (Å²) in [6, 6.07) is 15.8. The predicted molar refractivity (Wildman–Crippen MR) is 129 cm³/mol. The minimum Gasteiger partial charge on any atom is -0.467 e. The summed E-state index contributed by atoms with van der Waals surface area (Å²) in [5, 5.41) is 0. The monoisotopic (exact) mass is 461 g/mol. The SMILES string of the molecule is COC(=O)C(=O)[C@@H]1[C@@H](c2cccc(C)c2)[C@@H]2CCCN2[C@@]1(/C=C/c1cccc(C)c1)C(=O)OC. The molecule has 0 unspecified atom stereocenters. The van der Waals surface area contributed by atoms with Crippen LogP contribution in [0.3, 0.4) is 0 Å². The smallest absolute Gasteiger partial charge is 0.374 e. The number of carbonyl (C=O) groups is 3. The van der Waals surface area contributed by atoms with Crippen LogP contribution in [0, 0.1) is 19.8 Å². The number of carbonyl (C=O) groups excluding carboxylic acids is 3. The van der Waals surface area contributed by atoms with Gasteiger partial charge in [-0.25, -0.2) is 9.59 Å². The van der Waals surface area contributed by atoms with Crippen LogP contribution in [0.4, 0.5) is 0 Å². The summed E-state index contributed by atoms with van der Waals surface area (Å²) in [5.41, 5.74) is 2.56. The molecule has 0 aromatic heterocycles. The lowest BCUT2D eigenvalue weighted by molar-refractivity contribution is -0.160. The van der Waals surface area contributed by atoms with E-state index in [-0.39, 0.29) is 12.0 Å². The molecular formula is C28H31NO5. The molecule has 0 aliphatic carbocycles. The zero-order valence-electron chi connectivity index (χ0n) is 20.1. The Kier molecular flexibility index (Phi) is 6.71. The maximum atomic E-state index is 13.6. The summed E-state index contributed by atoms with van der Waals surface area (Å²) in [7, 11) is 2.52. The molecule has 0 bridgehead atoms. The molecule has 34 heavy (non-hydrogen) atoms. The zero-order chi connectivity index (χ0) is 24.5. The van der Waals surface area contributed by atoms with Gasteiger partial charge in [0, 0.05) is 12.0 Å². The molecule has 178 valence electrons. The van der Waals surface area contributed by atoms with Crippen molar-refractivity contribution in [3.05, 3.63) is 76.9 Å². The molecule has 0 radical (unpaired) electrons. The molecule has 2 aliphatic heterocycles. The molecule has 0 N–H and O–H groups in total. The molecule has 2 aliphatic rings. The van der Waals surface area contributed by atoms with E-state index in [4.69, 9.17) is 9.47 Å². The van der Waals surface area contributed by atoms with Gasteiger partial charge in [-0.2, -0.15) is 0 Å². The van der Waals surface area contributed by atoms with Gasteiger partial charge in [0.25, 0.3) is 0 Å². The fourth-order valence-corrected chi connectivity index (χ4v) is 5.85. The molecule has 6 heteroatoms. The van der Waals surface area contributed by atoms with E-state index in [0.29, 0.717) is 6.54 Å². The van der Waals surface area contributed by atoms with Gasteiger partial charge in [0.15, 0.2) is 0 Å². The van der Waals surface area contributed by atoms with Crippen molar-refractivity contribution in [2.75, 3.05) is 20.8 Å². The maximum Gasteiger partial charge on any atom is 0.374 e. The Balaban J connectivity index is 1.95. The number of ketones is 1. The van der Waals surface area contributed by atoms with Gasteiger partial charge in [0.1, 0.15) is 5.54 Å². The second-order valence-electron chi connectivity index (χ2n) is 9.24. The molecule has 0 saturated carbocycles. The summed E-state index contributed by atoms with van der Waals surface area (Å²) in [5.74, 6) is -3.51. The Morgan fingerprint density at radius 3 is 2.35 bits per heavy atom. The van der Waals surface area contributed by atoms with E-state index < -0.39 is 29.2 Å². The molecule has 2 fully saturated rings. The van der Waals surface area contributed by atoms with Crippen LogP contribution in [0.25, 0.3) is 6.08 Å². The highest BCUT2D eigenvalue weighted by atomic mass is 16.5. The number of fused-ring (bicyclic) bond motifs is 1. The molecular weight excluding hydrogens is 430 g/mol. The molecule has 2 aromatic rings. The number of Topliss-reactive ketones (excluding diaryl/α,β-unsaturated/α-hetero) is 1. The molecule has 2 saturated heterocycles. The van der Waals surface area contributed by atoms with Crippen molar-refractivity contribution in [1.82, 2.24) is 4.90 Å². The van der Waals surface area contributed by atoms with Crippen LogP contribution in [-0.2, 0) is 23.9 Å². The minimum atomic E-state index is -1.42. The Labute approximate surface area is 200 Å². The normalized spacial score (nSPS) is 26.4. The van der Waals surface area contributed by atoms with Gasteiger partial charge in [-0.15, -0.1) is 0 Å². The van der Waals surface area contributed by atoms with Gasteiger partial charge in [-0.05, 0) is 44.4 Å². The van der Waals surface area contributed by atoms with E-state index in [9.17, 15) is 14.4 Å². The van der Waals surface area contributed by atoms with Crippen molar-refractivity contribution in [1.29, 1.82) is 0 Å². The fourth-order valence-electron chi connectivity index (χ4n) is 5.85. The van der Waals surface area contributed by atoms with Crippen LogP contribution >= 0.6 is 0 Å². The molecule has 4 atom stereocenters. The first-order chi connectivity index (χ1) is 16.3. The first kappa shape index (κ1) is 23.9. The van der Waals surface area contributed by atoms with Gasteiger partial charge in [0.2, 0.25) is 5.78 Å². The van der Waals surface area contributed by atoms with Crippen LogP contribution < -0.4 is 0 Å². The number of nitrogens with zero attached hydrogens (tertiary/aromatic N) is 1. The van der Waals surface area contributed by atoms with Crippen molar-refractivity contribution in [2.24, 2.45) is 5.92 Å². The quantitative estimate of drug-likeness (QED) is 0.481. The number of ether oxygens (including phenoxy) is 2. The molecule has 2 heterocycles. The number of hydrogen-bond acceptors (Lipinski definition) is 6. The summed E-state index contributed by atoms with van der Waals surface area (Å²) in [6.07, 6.45) is 5.34. The minimum absolute atomic E-state index is 0.0818. The Morgan fingerprint density at radius 2 is 1.71 bits per heavy atom. The first-order valence-corrected chi connectivity index (χ1v) is 11.6. The number of benzene rings is 2. The van der Waals surface area contributed by atoms with Crippen molar-refractivity contribution >= 4 is 23.8 Å². The summed E-state index contributed by atoms with van der Waals surface area (Å²) < 4.78 is 10.2. The highest BCUT2D eigenvalue weighted by Gasteiger charge is 2.66. The Bertz CT molecular complexity index is 1140. The van der Waals surface area contributed by atoms with Crippen LogP contribution in [0.15, 0.2) is 54.6 Å². The number of hydrogen-bond donors (Lipinski definition) is 0. The van der Waals surface area contributed by atoms with Crippen molar-refractivity contribution in [2.45, 2.75) is 44.2 Å². The van der Waals surface area contributed by atoms with Crippen LogP contribution in [0.1, 0.15) is 41.0 Å². The van der Waals surface area contributed by atoms with E-state index in [1.54, 1.807) is 6.08 Å². The predicted octanol–water partition coefficient (Wildman–Crippen LogP) is 3.85. The third-order valence-corrected chi connectivity index (χ3v) is 7.20. The number of methoxy groups -OCH3 is 2. The standard InChI is InChI=1S/C28H31NO5/c1-18-8-5-10-20(16-18)13-14-28(27(32)34-4)24(25(30)26(31)33-3)23(22-12-7-15-29(22)28)21-11-6-9-19(2)17-21/h5-6,8-11,13-14,16-17,22-24H,7,12,15H2,1-4H3/b14-13+/t22-,23-,24-,28+/m0/s1. The molecule has 6 nitrogen and oxygen atoms in total. The van der Waals surface area contributed by atoms with E-state index in [0.717, 1.165) is 35.1 Å². The fraction of sp³-hybridized carbons (Fsp3) is 0.393. The van der Waals surface area contributed by atoms with Crippen LogP contribution in [-0.4, -0.2) is 55.0 Å². The average molecular weight is 462 g/mol. The molecule has 0 spiro atoms. The third kappa shape index (κ3) is 3.96. The Morgan fingerprint density at radius 1 is 1.00 bits per heavy atom. The lowest BCUT2D eigenvalue weighted by Gasteiger charge is -2.36. The van der Waals surface area contributed by atoms with E-state index in [1.165, 1.54) is 14.2 Å². The zero-order valence-corrected chi connectivity index (χ0v) is 20.1. The highest BCUT2D eigenvalue weighted by Crippen LogP contribution is 2.54. The molecule has 0 amide bonds. The lowest BCUT2D eigenvalue weighted by atomic mass is 9.71. The van der Waals surface area contributed by atoms with E-state index >= 15 is 0 Å². The number of esters is 2. The topological polar surface area (TPSA) is 72.9 Å². The van der Waals surface area contributed by atoms with Crippen molar-refractivity contribution in [3.63, 3.8) is 0 Å². The maximum absolute atomic E-state index is 13.6. The van der Waals surface area contributed by atoms with E-state index in [2.05, 4.69) is 4.90 Å². The summed E-state index contributed by atoms with van der Waals surface area (Å²) in [6.45, 7) is 4.62. The third-order valence-electron chi connectivity index (χ3n) is 7.20. The Hall–Kier alpha value is -3.25. The summed E-state index contributed by atoms with van der Waals surface area (Å²) in [4.78, 5) is 41.9. The largest absolute Gasteiger partial charge is 0.467 e. The first-order valence-electron chi connectivity index (χ1n) is 11.6. The van der Waals surface area contributed by atoms with Crippen LogP contribution in [0.5, 0.6) is 0 Å². The van der Waals surface area contributed by atoms with Crippen molar-refractivity contribution in [3.8, 4) is 0 Å². The number of aryl methyl sites for hydroxylation is 2. The molecule has 2 aromatic carbocycles. The number of rotatable bonds is 6. The van der Waals surface area contributed by atoms with Gasteiger partial charge < -0.3 is 9.47 Å².